The van der Waals surface area contributed by atoms with Crippen molar-refractivity contribution in [2.45, 2.75) is 31.7 Å². The van der Waals surface area contributed by atoms with Gasteiger partial charge >= 0.3 is 5.97 Å². The van der Waals surface area contributed by atoms with Crippen molar-refractivity contribution in [3.63, 3.8) is 0 Å². The first-order valence-electron chi connectivity index (χ1n) is 6.02. The van der Waals surface area contributed by atoms with Gasteiger partial charge in [0.05, 0.1) is 14.2 Å². The first kappa shape index (κ1) is 15.3. The van der Waals surface area contributed by atoms with E-state index in [2.05, 4.69) is 0 Å². The predicted molar refractivity (Wildman–Crippen MR) is 72.8 cm³/mol. The van der Waals surface area contributed by atoms with Crippen molar-refractivity contribution in [2.24, 2.45) is 5.73 Å². The van der Waals surface area contributed by atoms with Gasteiger partial charge in [0, 0.05) is 11.6 Å². The van der Waals surface area contributed by atoms with Crippen LogP contribution in [0.25, 0.3) is 0 Å². The van der Waals surface area contributed by atoms with Crippen molar-refractivity contribution >= 4 is 5.97 Å². The third-order valence-corrected chi connectivity index (χ3v) is 3.19. The molecule has 0 saturated heterocycles. The average Bonchev–Trinajstić information content (AvgIpc) is 2.37. The number of nitrogens with two attached hydrogens (primary N) is 1. The highest BCUT2D eigenvalue weighted by Gasteiger charge is 2.29. The third kappa shape index (κ3) is 3.61. The van der Waals surface area contributed by atoms with Crippen LogP contribution in [0.2, 0.25) is 0 Å². The number of benzene rings is 1. The number of rotatable bonds is 6. The molecule has 5 heteroatoms. The fourth-order valence-electron chi connectivity index (χ4n) is 2.10. The largest absolute Gasteiger partial charge is 0.497 e. The molecule has 1 atom stereocenters. The maximum atomic E-state index is 10.9. The summed E-state index contributed by atoms with van der Waals surface area (Å²) in [6.45, 7) is 3.89. The summed E-state index contributed by atoms with van der Waals surface area (Å²) in [5.74, 6) is 0.362. The number of aliphatic carboxylic acids is 1. The number of hydrogen-bond acceptors (Lipinski definition) is 4. The van der Waals surface area contributed by atoms with Gasteiger partial charge in [0.2, 0.25) is 0 Å². The second-order valence-electron chi connectivity index (χ2n) is 5.10. The fraction of sp³-hybridized carbons (Fsp3) is 0.500. The molecule has 0 aliphatic heterocycles. The topological polar surface area (TPSA) is 81.8 Å². The standard InChI is InChI=1S/C14H21NO4/c1-14(2,8-11(15)13(16)17)10-6-5-9(18-3)7-12(10)19-4/h5-7,11H,8,15H2,1-4H3,(H,16,17). The molecule has 106 valence electrons. The summed E-state index contributed by atoms with van der Waals surface area (Å²) >= 11 is 0. The Labute approximate surface area is 113 Å². The predicted octanol–water partition coefficient (Wildman–Crippen LogP) is 1.78. The number of carboxylic acid groups (broad SMARTS) is 1. The second-order valence-corrected chi connectivity index (χ2v) is 5.10. The van der Waals surface area contributed by atoms with Crippen molar-refractivity contribution in [2.75, 3.05) is 14.2 Å². The molecule has 1 aromatic rings. The summed E-state index contributed by atoms with van der Waals surface area (Å²) in [4.78, 5) is 10.9. The SMILES string of the molecule is COc1ccc(C(C)(C)CC(N)C(=O)O)c(OC)c1. The summed E-state index contributed by atoms with van der Waals surface area (Å²) in [5.41, 5.74) is 6.12. The Balaban J connectivity index is 3.09. The van der Waals surface area contributed by atoms with E-state index in [4.69, 9.17) is 20.3 Å². The van der Waals surface area contributed by atoms with Gasteiger partial charge in [-0.1, -0.05) is 19.9 Å². The van der Waals surface area contributed by atoms with Crippen molar-refractivity contribution in [1.29, 1.82) is 0 Å². The molecule has 0 radical (unpaired) electrons. The highest BCUT2D eigenvalue weighted by molar-refractivity contribution is 5.73. The lowest BCUT2D eigenvalue weighted by atomic mass is 9.78. The number of carbonyl (C=O) groups is 1. The van der Waals surface area contributed by atoms with Crippen LogP contribution < -0.4 is 15.2 Å². The van der Waals surface area contributed by atoms with E-state index in [1.807, 2.05) is 26.0 Å². The normalized spacial score (nSPS) is 12.9. The first-order chi connectivity index (χ1) is 8.81. The first-order valence-corrected chi connectivity index (χ1v) is 6.02. The Morgan fingerprint density at radius 3 is 2.47 bits per heavy atom. The van der Waals surface area contributed by atoms with E-state index >= 15 is 0 Å². The molecule has 19 heavy (non-hydrogen) atoms. The molecule has 0 spiro atoms. The van der Waals surface area contributed by atoms with Crippen LogP contribution in [0.1, 0.15) is 25.8 Å². The van der Waals surface area contributed by atoms with Crippen LogP contribution in [-0.4, -0.2) is 31.3 Å². The van der Waals surface area contributed by atoms with Gasteiger partial charge in [0.1, 0.15) is 17.5 Å². The molecule has 0 aromatic heterocycles. The van der Waals surface area contributed by atoms with Gasteiger partial charge in [-0.25, -0.2) is 0 Å². The lowest BCUT2D eigenvalue weighted by Crippen LogP contribution is -2.37. The number of hydrogen-bond donors (Lipinski definition) is 2. The third-order valence-electron chi connectivity index (χ3n) is 3.19. The second kappa shape index (κ2) is 5.93. The summed E-state index contributed by atoms with van der Waals surface area (Å²) in [6, 6.07) is 4.59. The van der Waals surface area contributed by atoms with Crippen molar-refractivity contribution in [3.05, 3.63) is 23.8 Å². The van der Waals surface area contributed by atoms with Crippen LogP contribution in [0.3, 0.4) is 0 Å². The Bertz CT molecular complexity index is 457. The molecule has 5 nitrogen and oxygen atoms in total. The van der Waals surface area contributed by atoms with E-state index in [0.717, 1.165) is 5.56 Å². The molecular formula is C14H21NO4. The van der Waals surface area contributed by atoms with Gasteiger partial charge in [-0.05, 0) is 17.9 Å². The monoisotopic (exact) mass is 267 g/mol. The molecule has 0 heterocycles. The Hall–Kier alpha value is -1.75. The minimum atomic E-state index is -0.999. The highest BCUT2D eigenvalue weighted by atomic mass is 16.5. The molecule has 0 amide bonds. The van der Waals surface area contributed by atoms with Crippen molar-refractivity contribution in [1.82, 2.24) is 0 Å². The minimum absolute atomic E-state index is 0.324. The van der Waals surface area contributed by atoms with E-state index in [1.165, 1.54) is 0 Å². The van der Waals surface area contributed by atoms with E-state index in [-0.39, 0.29) is 0 Å². The minimum Gasteiger partial charge on any atom is -0.497 e. The zero-order valence-electron chi connectivity index (χ0n) is 11.8. The molecule has 3 N–H and O–H groups in total. The van der Waals surface area contributed by atoms with Crippen molar-refractivity contribution < 1.29 is 19.4 Å². The smallest absolute Gasteiger partial charge is 0.320 e. The highest BCUT2D eigenvalue weighted by Crippen LogP contribution is 2.37. The van der Waals surface area contributed by atoms with E-state index < -0.39 is 17.4 Å². The van der Waals surface area contributed by atoms with Gasteiger partial charge in [0.15, 0.2) is 0 Å². The summed E-state index contributed by atoms with van der Waals surface area (Å²) < 4.78 is 10.5. The number of methoxy groups -OCH3 is 2. The summed E-state index contributed by atoms with van der Waals surface area (Å²) in [7, 11) is 3.16. The van der Waals surface area contributed by atoms with Gasteiger partial charge in [-0.2, -0.15) is 0 Å². The lowest BCUT2D eigenvalue weighted by Gasteiger charge is -2.28. The van der Waals surface area contributed by atoms with Crippen LogP contribution >= 0.6 is 0 Å². The molecule has 0 saturated carbocycles. The van der Waals surface area contributed by atoms with E-state index in [9.17, 15) is 4.79 Å². The van der Waals surface area contributed by atoms with Crippen LogP contribution in [0.5, 0.6) is 11.5 Å². The molecule has 1 aromatic carbocycles. The molecule has 0 aliphatic carbocycles. The van der Waals surface area contributed by atoms with Crippen LogP contribution in [-0.2, 0) is 10.2 Å². The Morgan fingerprint density at radius 1 is 1.37 bits per heavy atom. The zero-order chi connectivity index (χ0) is 14.6. The van der Waals surface area contributed by atoms with E-state index in [1.54, 1.807) is 20.3 Å². The number of carboxylic acids is 1. The Morgan fingerprint density at radius 2 is 2.00 bits per heavy atom. The van der Waals surface area contributed by atoms with Gasteiger partial charge < -0.3 is 20.3 Å². The fourth-order valence-corrected chi connectivity index (χ4v) is 2.10. The van der Waals surface area contributed by atoms with Crippen molar-refractivity contribution in [3.8, 4) is 11.5 Å². The molecular weight excluding hydrogens is 246 g/mol. The quantitative estimate of drug-likeness (QED) is 0.821. The molecule has 1 unspecified atom stereocenters. The van der Waals surface area contributed by atoms with Gasteiger partial charge in [0.25, 0.3) is 0 Å². The molecule has 0 bridgehead atoms. The van der Waals surface area contributed by atoms with Crippen LogP contribution in [0.15, 0.2) is 18.2 Å². The van der Waals surface area contributed by atoms with Crippen LogP contribution in [0, 0.1) is 0 Å². The zero-order valence-corrected chi connectivity index (χ0v) is 11.8. The summed E-state index contributed by atoms with van der Waals surface area (Å²) in [6.07, 6.45) is 0.324. The molecule has 0 aliphatic rings. The van der Waals surface area contributed by atoms with Gasteiger partial charge in [-0.3, -0.25) is 4.79 Å². The number of ether oxygens (including phenoxy) is 2. The molecule has 0 fully saturated rings. The molecule has 1 rings (SSSR count). The van der Waals surface area contributed by atoms with E-state index in [0.29, 0.717) is 17.9 Å². The average molecular weight is 267 g/mol. The lowest BCUT2D eigenvalue weighted by molar-refractivity contribution is -0.139. The summed E-state index contributed by atoms with van der Waals surface area (Å²) in [5, 5.41) is 8.92. The maximum absolute atomic E-state index is 10.9. The van der Waals surface area contributed by atoms with Gasteiger partial charge in [-0.15, -0.1) is 0 Å². The van der Waals surface area contributed by atoms with Crippen LogP contribution in [0.4, 0.5) is 0 Å². The Kier molecular flexibility index (Phi) is 4.78. The maximum Gasteiger partial charge on any atom is 0.320 e.